The Kier molecular flexibility index (Phi) is 4.37. The number of thiophene rings is 1. The minimum Gasteiger partial charge on any atom is -0.143 e. The number of benzene rings is 1. The molecule has 19 heavy (non-hydrogen) atoms. The third-order valence-corrected chi connectivity index (χ3v) is 6.61. The highest BCUT2D eigenvalue weighted by atomic mass is 79.9. The van der Waals surface area contributed by atoms with Crippen LogP contribution in [0.2, 0.25) is 0 Å². The van der Waals surface area contributed by atoms with Crippen molar-refractivity contribution in [2.24, 2.45) is 0 Å². The Labute approximate surface area is 139 Å². The van der Waals surface area contributed by atoms with Crippen molar-refractivity contribution in [3.8, 4) is 0 Å². The molecule has 0 aliphatic heterocycles. The molecule has 1 aliphatic carbocycles. The fourth-order valence-electron chi connectivity index (χ4n) is 2.50. The van der Waals surface area contributed by atoms with Crippen LogP contribution in [0.5, 0.6) is 0 Å². The molecule has 0 radical (unpaired) electrons. The molecule has 1 aromatic carbocycles. The molecule has 1 heterocycles. The second-order valence-electron chi connectivity index (χ2n) is 4.83. The van der Waals surface area contributed by atoms with E-state index in [2.05, 4.69) is 44.0 Å². The van der Waals surface area contributed by atoms with Gasteiger partial charge in [0.1, 0.15) is 0 Å². The quantitative estimate of drug-likeness (QED) is 0.488. The maximum absolute atomic E-state index is 6.69. The van der Waals surface area contributed by atoms with Gasteiger partial charge in [0, 0.05) is 18.7 Å². The van der Waals surface area contributed by atoms with Gasteiger partial charge in [0.25, 0.3) is 0 Å². The van der Waals surface area contributed by atoms with Gasteiger partial charge >= 0.3 is 0 Å². The molecule has 0 amide bonds. The van der Waals surface area contributed by atoms with E-state index in [4.69, 9.17) is 11.6 Å². The van der Waals surface area contributed by atoms with Crippen LogP contribution in [-0.4, -0.2) is 0 Å². The van der Waals surface area contributed by atoms with Crippen molar-refractivity contribution in [2.75, 3.05) is 0 Å². The Bertz CT molecular complexity index is 583. The van der Waals surface area contributed by atoms with Crippen molar-refractivity contribution in [1.29, 1.82) is 0 Å². The van der Waals surface area contributed by atoms with Gasteiger partial charge in [-0.2, -0.15) is 0 Å². The van der Waals surface area contributed by atoms with E-state index >= 15 is 0 Å². The minimum atomic E-state index is -0.0672. The predicted molar refractivity (Wildman–Crippen MR) is 90.5 cm³/mol. The molecule has 1 aromatic heterocycles. The van der Waals surface area contributed by atoms with Crippen LogP contribution >= 0.6 is 54.8 Å². The van der Waals surface area contributed by atoms with E-state index in [9.17, 15) is 0 Å². The standard InChI is InChI=1S/C15H13Br2ClS/c16-10-5-6-12(17)11(8-10)15(18)14-7-9-3-1-2-4-13(9)19-14/h5-8,15H,1-4H2. The van der Waals surface area contributed by atoms with Gasteiger partial charge in [-0.05, 0) is 61.1 Å². The fraction of sp³-hybridized carbons (Fsp3) is 0.333. The van der Waals surface area contributed by atoms with Crippen LogP contribution in [0.15, 0.2) is 33.2 Å². The van der Waals surface area contributed by atoms with E-state index < -0.39 is 0 Å². The summed E-state index contributed by atoms with van der Waals surface area (Å²) in [5.74, 6) is 0. The Morgan fingerprint density at radius 2 is 1.89 bits per heavy atom. The molecule has 0 bridgehead atoms. The predicted octanol–water partition coefficient (Wildman–Crippen LogP) is 6.48. The third kappa shape index (κ3) is 2.94. The molecule has 0 fully saturated rings. The molecular weight excluding hydrogens is 407 g/mol. The average molecular weight is 421 g/mol. The van der Waals surface area contributed by atoms with Gasteiger partial charge in [-0.25, -0.2) is 0 Å². The van der Waals surface area contributed by atoms with Gasteiger partial charge in [0.05, 0.1) is 5.38 Å². The molecule has 4 heteroatoms. The normalized spacial score (nSPS) is 16.2. The van der Waals surface area contributed by atoms with Crippen LogP contribution in [0.25, 0.3) is 0 Å². The number of rotatable bonds is 2. The summed E-state index contributed by atoms with van der Waals surface area (Å²) in [6, 6.07) is 8.48. The first-order valence-corrected chi connectivity index (χ1v) is 9.19. The highest BCUT2D eigenvalue weighted by molar-refractivity contribution is 9.11. The van der Waals surface area contributed by atoms with Gasteiger partial charge in [0.15, 0.2) is 0 Å². The zero-order valence-corrected chi connectivity index (χ0v) is 15.0. The molecule has 0 saturated heterocycles. The second-order valence-corrected chi connectivity index (χ2v) is 8.21. The lowest BCUT2D eigenvalue weighted by atomic mass is 9.99. The summed E-state index contributed by atoms with van der Waals surface area (Å²) in [6.07, 6.45) is 5.08. The van der Waals surface area contributed by atoms with Crippen LogP contribution in [0.4, 0.5) is 0 Å². The summed E-state index contributed by atoms with van der Waals surface area (Å²) in [4.78, 5) is 2.81. The summed E-state index contributed by atoms with van der Waals surface area (Å²) in [6.45, 7) is 0. The largest absolute Gasteiger partial charge is 0.143 e. The maximum Gasteiger partial charge on any atom is 0.0939 e. The maximum atomic E-state index is 6.69. The molecule has 2 aromatic rings. The zero-order valence-electron chi connectivity index (χ0n) is 10.3. The van der Waals surface area contributed by atoms with E-state index in [1.165, 1.54) is 41.0 Å². The topological polar surface area (TPSA) is 0 Å². The van der Waals surface area contributed by atoms with Gasteiger partial charge < -0.3 is 0 Å². The molecule has 0 spiro atoms. The average Bonchev–Trinajstić information content (AvgIpc) is 2.84. The van der Waals surface area contributed by atoms with E-state index in [-0.39, 0.29) is 5.38 Å². The second kappa shape index (κ2) is 5.88. The summed E-state index contributed by atoms with van der Waals surface area (Å²) in [5, 5.41) is -0.0672. The molecule has 0 saturated carbocycles. The highest BCUT2D eigenvalue weighted by Crippen LogP contribution is 2.41. The van der Waals surface area contributed by atoms with E-state index in [0.717, 1.165) is 14.5 Å². The number of aryl methyl sites for hydroxylation is 2. The molecule has 1 atom stereocenters. The lowest BCUT2D eigenvalue weighted by Crippen LogP contribution is -1.96. The molecule has 3 rings (SSSR count). The summed E-state index contributed by atoms with van der Waals surface area (Å²) in [5.41, 5.74) is 2.65. The number of halogens is 3. The molecule has 1 unspecified atom stereocenters. The minimum absolute atomic E-state index is 0.0672. The lowest BCUT2D eigenvalue weighted by Gasteiger charge is -2.10. The van der Waals surface area contributed by atoms with Crippen molar-refractivity contribution in [1.82, 2.24) is 0 Å². The SMILES string of the molecule is ClC(c1cc2c(s1)CCCC2)c1cc(Br)ccc1Br. The van der Waals surface area contributed by atoms with Gasteiger partial charge in [0.2, 0.25) is 0 Å². The van der Waals surface area contributed by atoms with Crippen molar-refractivity contribution in [3.63, 3.8) is 0 Å². The number of hydrogen-bond donors (Lipinski definition) is 0. The van der Waals surface area contributed by atoms with Crippen LogP contribution in [0.3, 0.4) is 0 Å². The lowest BCUT2D eigenvalue weighted by molar-refractivity contribution is 0.697. The van der Waals surface area contributed by atoms with Crippen LogP contribution in [-0.2, 0) is 12.8 Å². The summed E-state index contributed by atoms with van der Waals surface area (Å²) in [7, 11) is 0. The molecule has 100 valence electrons. The first kappa shape index (κ1) is 14.1. The number of hydrogen-bond acceptors (Lipinski definition) is 1. The van der Waals surface area contributed by atoms with Crippen LogP contribution < -0.4 is 0 Å². The first-order chi connectivity index (χ1) is 9.15. The molecule has 1 aliphatic rings. The summed E-state index contributed by atoms with van der Waals surface area (Å²) >= 11 is 15.7. The van der Waals surface area contributed by atoms with Crippen molar-refractivity contribution in [3.05, 3.63) is 54.1 Å². The molecular formula is C15H13Br2ClS. The molecule has 0 N–H and O–H groups in total. The monoisotopic (exact) mass is 418 g/mol. The number of alkyl halides is 1. The Balaban J connectivity index is 1.97. The Hall–Kier alpha value is 0.170. The smallest absolute Gasteiger partial charge is 0.0939 e. The van der Waals surface area contributed by atoms with Crippen molar-refractivity contribution < 1.29 is 0 Å². The van der Waals surface area contributed by atoms with E-state index in [1.54, 1.807) is 0 Å². The number of fused-ring (bicyclic) bond motifs is 1. The van der Waals surface area contributed by atoms with Gasteiger partial charge in [-0.3, -0.25) is 0 Å². The van der Waals surface area contributed by atoms with E-state index in [1.807, 2.05) is 23.5 Å². The fourth-order valence-corrected chi connectivity index (χ4v) is 5.12. The Morgan fingerprint density at radius 1 is 1.11 bits per heavy atom. The summed E-state index contributed by atoms with van der Waals surface area (Å²) < 4.78 is 2.14. The third-order valence-electron chi connectivity index (χ3n) is 3.50. The van der Waals surface area contributed by atoms with Gasteiger partial charge in [-0.1, -0.05) is 31.9 Å². The highest BCUT2D eigenvalue weighted by Gasteiger charge is 2.20. The molecule has 0 nitrogen and oxygen atoms in total. The van der Waals surface area contributed by atoms with Gasteiger partial charge in [-0.15, -0.1) is 22.9 Å². The van der Waals surface area contributed by atoms with E-state index in [0.29, 0.717) is 0 Å². The first-order valence-electron chi connectivity index (χ1n) is 6.35. The van der Waals surface area contributed by atoms with Crippen LogP contribution in [0.1, 0.15) is 39.1 Å². The van der Waals surface area contributed by atoms with Crippen molar-refractivity contribution >= 4 is 54.8 Å². The van der Waals surface area contributed by atoms with Crippen molar-refractivity contribution in [2.45, 2.75) is 31.1 Å². The zero-order chi connectivity index (χ0) is 13.4. The Morgan fingerprint density at radius 3 is 2.68 bits per heavy atom. The van der Waals surface area contributed by atoms with Crippen LogP contribution in [0, 0.1) is 0 Å².